The molecule has 1 amide bonds. The molecule has 0 saturated carbocycles. The molecule has 8 nitrogen and oxygen atoms in total. The van der Waals surface area contributed by atoms with Crippen LogP contribution in [0.15, 0.2) is 48.9 Å². The number of ether oxygens (including phenoxy) is 1. The number of aromatic nitrogens is 4. The second-order valence-corrected chi connectivity index (χ2v) is 8.05. The number of carbonyl (C=O) groups excluding carboxylic acids is 2. The number of Topliss-reactive ketones (excluding diaryl/α,β-unsaturated/α-hetero) is 1. The third-order valence-corrected chi connectivity index (χ3v) is 5.72. The van der Waals surface area contributed by atoms with E-state index in [0.717, 1.165) is 19.2 Å². The standard InChI is InChI=1S/C23H22F3N5O3/c1-14-7-8-16(34-21-20(15(2)32)18(9-10-27-21)23(24,25)26)13-30(14)22(33)17-5-3-4-6-19(17)31-28-11-12-29-31/h3-6,9-12,14,16H,7-8,13H2,1-2H3/t14-,16-/m1/s1. The van der Waals surface area contributed by atoms with Gasteiger partial charge in [0.15, 0.2) is 5.78 Å². The first-order chi connectivity index (χ1) is 16.2. The maximum absolute atomic E-state index is 13.5. The van der Waals surface area contributed by atoms with Gasteiger partial charge in [0.2, 0.25) is 5.88 Å². The highest BCUT2D eigenvalue weighted by atomic mass is 19.4. The van der Waals surface area contributed by atoms with Crippen molar-refractivity contribution in [3.63, 3.8) is 0 Å². The summed E-state index contributed by atoms with van der Waals surface area (Å²) >= 11 is 0. The molecule has 0 N–H and O–H groups in total. The fourth-order valence-electron chi connectivity index (χ4n) is 4.04. The Hall–Kier alpha value is -3.76. The molecular formula is C23H22F3N5O3. The number of hydrogen-bond acceptors (Lipinski definition) is 6. The van der Waals surface area contributed by atoms with E-state index in [-0.39, 0.29) is 24.4 Å². The zero-order valence-electron chi connectivity index (χ0n) is 18.5. The molecule has 0 unspecified atom stereocenters. The van der Waals surface area contributed by atoms with Gasteiger partial charge in [-0.2, -0.15) is 28.2 Å². The predicted molar refractivity (Wildman–Crippen MR) is 115 cm³/mol. The second kappa shape index (κ2) is 9.24. The molecule has 34 heavy (non-hydrogen) atoms. The number of nitrogens with zero attached hydrogens (tertiary/aromatic N) is 5. The quantitative estimate of drug-likeness (QED) is 0.521. The van der Waals surface area contributed by atoms with E-state index in [1.54, 1.807) is 29.2 Å². The molecule has 0 spiro atoms. The molecule has 1 aliphatic heterocycles. The fraction of sp³-hybridized carbons (Fsp3) is 0.348. The Labute approximate surface area is 193 Å². The highest BCUT2D eigenvalue weighted by molar-refractivity contribution is 5.98. The topological polar surface area (TPSA) is 90.2 Å². The van der Waals surface area contributed by atoms with Crippen molar-refractivity contribution in [2.45, 2.75) is 45.0 Å². The minimum absolute atomic E-state index is 0.121. The molecule has 11 heteroatoms. The van der Waals surface area contributed by atoms with Gasteiger partial charge in [-0.25, -0.2) is 4.98 Å². The Morgan fingerprint density at radius 1 is 1.06 bits per heavy atom. The lowest BCUT2D eigenvalue weighted by Gasteiger charge is -2.38. The second-order valence-electron chi connectivity index (χ2n) is 8.05. The highest BCUT2D eigenvalue weighted by Gasteiger charge is 2.38. The van der Waals surface area contributed by atoms with Gasteiger partial charge >= 0.3 is 6.18 Å². The number of benzene rings is 1. The van der Waals surface area contributed by atoms with Crippen LogP contribution >= 0.6 is 0 Å². The van der Waals surface area contributed by atoms with Crippen molar-refractivity contribution in [3.8, 4) is 11.6 Å². The van der Waals surface area contributed by atoms with E-state index < -0.39 is 29.2 Å². The van der Waals surface area contributed by atoms with E-state index in [4.69, 9.17) is 4.74 Å². The van der Waals surface area contributed by atoms with Gasteiger partial charge in [0, 0.05) is 12.2 Å². The van der Waals surface area contributed by atoms with Gasteiger partial charge in [-0.3, -0.25) is 9.59 Å². The minimum Gasteiger partial charge on any atom is -0.472 e. The SMILES string of the molecule is CC(=O)c1c(C(F)(F)F)ccnc1O[C@@H]1CC[C@@H](C)N(C(=O)c2ccccc2-n2nccn2)C1. The first kappa shape index (κ1) is 23.4. The molecule has 1 aliphatic rings. The van der Waals surface area contributed by atoms with Crippen LogP contribution in [-0.4, -0.2) is 55.3 Å². The average Bonchev–Trinajstić information content (AvgIpc) is 3.34. The Morgan fingerprint density at radius 3 is 2.44 bits per heavy atom. The van der Waals surface area contributed by atoms with Crippen molar-refractivity contribution < 1.29 is 27.5 Å². The van der Waals surface area contributed by atoms with Gasteiger partial charge in [0.25, 0.3) is 5.91 Å². The summed E-state index contributed by atoms with van der Waals surface area (Å²) in [5, 5.41) is 8.19. The Kier molecular flexibility index (Phi) is 6.36. The van der Waals surface area contributed by atoms with Crippen molar-refractivity contribution >= 4 is 11.7 Å². The number of pyridine rings is 1. The smallest absolute Gasteiger partial charge is 0.417 e. The first-order valence-corrected chi connectivity index (χ1v) is 10.7. The third-order valence-electron chi connectivity index (χ3n) is 5.72. The number of rotatable bonds is 5. The van der Waals surface area contributed by atoms with Crippen LogP contribution in [0.25, 0.3) is 5.69 Å². The lowest BCUT2D eigenvalue weighted by molar-refractivity contribution is -0.138. The number of hydrogen-bond donors (Lipinski definition) is 0. The van der Waals surface area contributed by atoms with Crippen molar-refractivity contribution in [1.82, 2.24) is 24.9 Å². The van der Waals surface area contributed by atoms with E-state index in [2.05, 4.69) is 15.2 Å². The number of amides is 1. The maximum atomic E-state index is 13.5. The van der Waals surface area contributed by atoms with Gasteiger partial charge in [-0.15, -0.1) is 0 Å². The molecule has 2 atom stereocenters. The summed E-state index contributed by atoms with van der Waals surface area (Å²) < 4.78 is 46.1. The normalized spacial score (nSPS) is 18.6. The van der Waals surface area contributed by atoms with E-state index in [0.29, 0.717) is 24.1 Å². The summed E-state index contributed by atoms with van der Waals surface area (Å²) in [7, 11) is 0. The lowest BCUT2D eigenvalue weighted by atomic mass is 9.99. The minimum atomic E-state index is -4.73. The molecule has 1 fully saturated rings. The van der Waals surface area contributed by atoms with E-state index >= 15 is 0 Å². The van der Waals surface area contributed by atoms with Crippen molar-refractivity contribution in [2.24, 2.45) is 0 Å². The molecule has 0 bridgehead atoms. The molecule has 3 aromatic rings. The van der Waals surface area contributed by atoms with Crippen LogP contribution in [0.4, 0.5) is 13.2 Å². The molecule has 3 heterocycles. The summed E-state index contributed by atoms with van der Waals surface area (Å²) in [6.07, 6.45) is -0.339. The molecule has 1 saturated heterocycles. The molecule has 0 aliphatic carbocycles. The van der Waals surface area contributed by atoms with Crippen LogP contribution in [-0.2, 0) is 6.18 Å². The van der Waals surface area contributed by atoms with Crippen LogP contribution in [0.2, 0.25) is 0 Å². The van der Waals surface area contributed by atoms with E-state index in [1.165, 1.54) is 17.2 Å². The number of halogens is 3. The van der Waals surface area contributed by atoms with Gasteiger partial charge in [-0.1, -0.05) is 12.1 Å². The molecule has 178 valence electrons. The lowest BCUT2D eigenvalue weighted by Crippen LogP contribution is -2.49. The Bertz CT molecular complexity index is 1200. The zero-order valence-corrected chi connectivity index (χ0v) is 18.5. The summed E-state index contributed by atoms with van der Waals surface area (Å²) in [6, 6.07) is 7.51. The molecular weight excluding hydrogens is 451 g/mol. The summed E-state index contributed by atoms with van der Waals surface area (Å²) in [5.74, 6) is -1.46. The first-order valence-electron chi connectivity index (χ1n) is 10.7. The number of ketones is 1. The monoisotopic (exact) mass is 473 g/mol. The third kappa shape index (κ3) is 4.63. The van der Waals surface area contributed by atoms with Gasteiger partial charge < -0.3 is 9.64 Å². The predicted octanol–water partition coefficient (Wildman–Crippen LogP) is 3.96. The Morgan fingerprint density at radius 2 is 1.76 bits per heavy atom. The summed E-state index contributed by atoms with van der Waals surface area (Å²) in [4.78, 5) is 32.4. The van der Waals surface area contributed by atoms with Crippen molar-refractivity contribution in [1.29, 1.82) is 0 Å². The molecule has 1 aromatic carbocycles. The number of carbonyl (C=O) groups is 2. The van der Waals surface area contributed by atoms with Crippen LogP contribution in [0.1, 0.15) is 53.0 Å². The van der Waals surface area contributed by atoms with Crippen molar-refractivity contribution in [3.05, 3.63) is 65.6 Å². The number of likely N-dealkylation sites (tertiary alicyclic amines) is 1. The summed E-state index contributed by atoms with van der Waals surface area (Å²) in [6.45, 7) is 3.06. The molecule has 4 rings (SSSR count). The van der Waals surface area contributed by atoms with Crippen LogP contribution in [0.5, 0.6) is 5.88 Å². The molecule has 2 aromatic heterocycles. The maximum Gasteiger partial charge on any atom is 0.417 e. The Balaban J connectivity index is 1.60. The van der Waals surface area contributed by atoms with E-state index in [9.17, 15) is 22.8 Å². The van der Waals surface area contributed by atoms with E-state index in [1.807, 2.05) is 6.92 Å². The molecule has 0 radical (unpaired) electrons. The zero-order chi connectivity index (χ0) is 24.5. The van der Waals surface area contributed by atoms with Crippen LogP contribution in [0, 0.1) is 0 Å². The van der Waals surface area contributed by atoms with Crippen LogP contribution in [0.3, 0.4) is 0 Å². The fourth-order valence-corrected chi connectivity index (χ4v) is 4.04. The van der Waals surface area contributed by atoms with Gasteiger partial charge in [-0.05, 0) is 44.9 Å². The van der Waals surface area contributed by atoms with Crippen molar-refractivity contribution in [2.75, 3.05) is 6.54 Å². The largest absolute Gasteiger partial charge is 0.472 e. The van der Waals surface area contributed by atoms with Crippen LogP contribution < -0.4 is 4.74 Å². The van der Waals surface area contributed by atoms with Gasteiger partial charge in [0.1, 0.15) is 6.10 Å². The van der Waals surface area contributed by atoms with Gasteiger partial charge in [0.05, 0.1) is 41.3 Å². The number of piperidine rings is 1. The number of alkyl halides is 3. The summed E-state index contributed by atoms with van der Waals surface area (Å²) in [5.41, 5.74) is -0.816. The average molecular weight is 473 g/mol. The highest BCUT2D eigenvalue weighted by Crippen LogP contribution is 2.36. The number of para-hydroxylation sites is 1.